The smallest absolute Gasteiger partial charge is 0.209 e. The first-order chi connectivity index (χ1) is 9.39. The maximum Gasteiger partial charge on any atom is 0.209 e. The van der Waals surface area contributed by atoms with Crippen LogP contribution in [0.2, 0.25) is 0 Å². The van der Waals surface area contributed by atoms with E-state index in [4.69, 9.17) is 5.26 Å². The topological polar surface area (TPSA) is 86.1 Å². The second-order valence-electron chi connectivity index (χ2n) is 5.11. The molecule has 1 aromatic heterocycles. The molecule has 1 aliphatic rings. The summed E-state index contributed by atoms with van der Waals surface area (Å²) in [6.45, 7) is 3.20. The van der Waals surface area contributed by atoms with Crippen molar-refractivity contribution >= 4 is 15.8 Å². The van der Waals surface area contributed by atoms with Crippen LogP contribution in [-0.2, 0) is 10.0 Å². The largest absolute Gasteiger partial charge is 0.354 e. The predicted molar refractivity (Wildman–Crippen MR) is 76.9 cm³/mol. The molecule has 0 radical (unpaired) electrons. The molecule has 20 heavy (non-hydrogen) atoms. The minimum absolute atomic E-state index is 0.132. The van der Waals surface area contributed by atoms with Gasteiger partial charge in [-0.25, -0.2) is 18.1 Å². The lowest BCUT2D eigenvalue weighted by Gasteiger charge is -2.34. The Labute approximate surface area is 119 Å². The zero-order valence-electron chi connectivity index (χ0n) is 11.6. The van der Waals surface area contributed by atoms with Crippen molar-refractivity contribution in [2.45, 2.75) is 25.8 Å². The minimum Gasteiger partial charge on any atom is -0.354 e. The summed E-state index contributed by atoms with van der Waals surface area (Å²) in [5.41, 5.74) is 1.37. The summed E-state index contributed by atoms with van der Waals surface area (Å²) in [5.74, 6) is 0.646. The fourth-order valence-corrected chi connectivity index (χ4v) is 3.24. The maximum absolute atomic E-state index is 11.3. The Kier molecular flexibility index (Phi) is 4.26. The van der Waals surface area contributed by atoms with Crippen molar-refractivity contribution in [1.29, 1.82) is 5.26 Å². The Morgan fingerprint density at radius 3 is 2.90 bits per heavy atom. The number of nitriles is 1. The summed E-state index contributed by atoms with van der Waals surface area (Å²) < 4.78 is 25.3. The molecule has 1 aromatic rings. The second kappa shape index (κ2) is 5.77. The Hall–Kier alpha value is -1.65. The van der Waals surface area contributed by atoms with Gasteiger partial charge < -0.3 is 4.90 Å². The van der Waals surface area contributed by atoms with Gasteiger partial charge in [-0.15, -0.1) is 0 Å². The van der Waals surface area contributed by atoms with Crippen LogP contribution in [0.25, 0.3) is 0 Å². The highest BCUT2D eigenvalue weighted by molar-refractivity contribution is 7.88. The van der Waals surface area contributed by atoms with Crippen molar-refractivity contribution in [3.05, 3.63) is 23.4 Å². The predicted octanol–water partition coefficient (Wildman–Crippen LogP) is 0.780. The first kappa shape index (κ1) is 14.8. The molecule has 6 nitrogen and oxygen atoms in total. The van der Waals surface area contributed by atoms with Gasteiger partial charge in [0.25, 0.3) is 0 Å². The number of pyridine rings is 1. The standard InChI is InChI=1S/C13H18N4O2S/c1-10-5-6-11(8-14)13(15-10)17-7-3-4-12(9-17)16-20(2,18)19/h5-6,12,16H,3-4,7,9H2,1-2H3/t12-/m0/s1. The van der Waals surface area contributed by atoms with Crippen molar-refractivity contribution < 1.29 is 8.42 Å². The molecule has 0 spiro atoms. The van der Waals surface area contributed by atoms with Gasteiger partial charge in [0.05, 0.1) is 11.8 Å². The first-order valence-corrected chi connectivity index (χ1v) is 8.38. The lowest BCUT2D eigenvalue weighted by Crippen LogP contribution is -2.47. The van der Waals surface area contributed by atoms with Crippen LogP contribution in [0.15, 0.2) is 12.1 Å². The molecule has 1 saturated heterocycles. The summed E-state index contributed by atoms with van der Waals surface area (Å²) in [4.78, 5) is 6.41. The molecule has 2 heterocycles. The summed E-state index contributed by atoms with van der Waals surface area (Å²) in [6.07, 6.45) is 2.84. The van der Waals surface area contributed by atoms with Gasteiger partial charge in [0, 0.05) is 24.8 Å². The van der Waals surface area contributed by atoms with E-state index in [1.54, 1.807) is 12.1 Å². The van der Waals surface area contributed by atoms with Gasteiger partial charge in [0.1, 0.15) is 11.9 Å². The molecule has 2 rings (SSSR count). The lowest BCUT2D eigenvalue weighted by atomic mass is 10.1. The van der Waals surface area contributed by atoms with E-state index in [2.05, 4.69) is 15.8 Å². The number of aromatic nitrogens is 1. The number of nitrogens with one attached hydrogen (secondary N) is 1. The van der Waals surface area contributed by atoms with E-state index in [0.29, 0.717) is 17.9 Å². The third kappa shape index (κ3) is 3.68. The number of nitrogens with zero attached hydrogens (tertiary/aromatic N) is 3. The number of anilines is 1. The molecule has 1 N–H and O–H groups in total. The van der Waals surface area contributed by atoms with Crippen LogP contribution < -0.4 is 9.62 Å². The zero-order chi connectivity index (χ0) is 14.8. The molecule has 1 aliphatic heterocycles. The highest BCUT2D eigenvalue weighted by atomic mass is 32.2. The van der Waals surface area contributed by atoms with Crippen molar-refractivity contribution in [1.82, 2.24) is 9.71 Å². The number of sulfonamides is 1. The highest BCUT2D eigenvalue weighted by Gasteiger charge is 2.24. The Balaban J connectivity index is 2.21. The monoisotopic (exact) mass is 294 g/mol. The van der Waals surface area contributed by atoms with Crippen LogP contribution in [0, 0.1) is 18.3 Å². The van der Waals surface area contributed by atoms with Crippen molar-refractivity contribution in [2.24, 2.45) is 0 Å². The van der Waals surface area contributed by atoms with Gasteiger partial charge in [-0.2, -0.15) is 5.26 Å². The number of rotatable bonds is 3. The Bertz CT molecular complexity index is 636. The molecule has 0 saturated carbocycles. The van der Waals surface area contributed by atoms with Gasteiger partial charge in [-0.3, -0.25) is 0 Å². The van der Waals surface area contributed by atoms with Gasteiger partial charge in [-0.1, -0.05) is 0 Å². The molecule has 108 valence electrons. The number of hydrogen-bond acceptors (Lipinski definition) is 5. The Morgan fingerprint density at radius 1 is 1.50 bits per heavy atom. The lowest BCUT2D eigenvalue weighted by molar-refractivity contribution is 0.465. The van der Waals surface area contributed by atoms with Crippen molar-refractivity contribution in [2.75, 3.05) is 24.2 Å². The molecular formula is C13H18N4O2S. The van der Waals surface area contributed by atoms with Crippen LogP contribution in [0.3, 0.4) is 0 Å². The van der Waals surface area contributed by atoms with Gasteiger partial charge in [-0.05, 0) is 31.9 Å². The molecule has 0 bridgehead atoms. The summed E-state index contributed by atoms with van der Waals surface area (Å²) in [7, 11) is -3.22. The molecule has 0 amide bonds. The minimum atomic E-state index is -3.22. The van der Waals surface area contributed by atoms with Gasteiger partial charge in [0.2, 0.25) is 10.0 Å². The number of piperidine rings is 1. The molecule has 0 aromatic carbocycles. The average Bonchev–Trinajstić information content (AvgIpc) is 2.37. The molecule has 1 atom stereocenters. The molecule has 1 fully saturated rings. The maximum atomic E-state index is 11.3. The average molecular weight is 294 g/mol. The molecule has 0 unspecified atom stereocenters. The van der Waals surface area contributed by atoms with Gasteiger partial charge >= 0.3 is 0 Å². The van der Waals surface area contributed by atoms with Crippen LogP contribution >= 0.6 is 0 Å². The quantitative estimate of drug-likeness (QED) is 0.890. The van der Waals surface area contributed by atoms with E-state index in [-0.39, 0.29) is 6.04 Å². The summed E-state index contributed by atoms with van der Waals surface area (Å²) >= 11 is 0. The van der Waals surface area contributed by atoms with Gasteiger partial charge in [0.15, 0.2) is 0 Å². The second-order valence-corrected chi connectivity index (χ2v) is 6.89. The van der Waals surface area contributed by atoms with Crippen molar-refractivity contribution in [3.63, 3.8) is 0 Å². The van der Waals surface area contributed by atoms with E-state index < -0.39 is 10.0 Å². The van der Waals surface area contributed by atoms with Crippen LogP contribution in [0.5, 0.6) is 0 Å². The first-order valence-electron chi connectivity index (χ1n) is 6.49. The van der Waals surface area contributed by atoms with Crippen LogP contribution in [0.4, 0.5) is 5.82 Å². The van der Waals surface area contributed by atoms with E-state index >= 15 is 0 Å². The van der Waals surface area contributed by atoms with E-state index in [1.807, 2.05) is 11.8 Å². The molecule has 7 heteroatoms. The molecule has 0 aliphatic carbocycles. The van der Waals surface area contributed by atoms with E-state index in [1.165, 1.54) is 0 Å². The van der Waals surface area contributed by atoms with E-state index in [9.17, 15) is 8.42 Å². The summed E-state index contributed by atoms with van der Waals surface area (Å²) in [5, 5.41) is 9.16. The third-order valence-corrected chi connectivity index (χ3v) is 4.00. The van der Waals surface area contributed by atoms with E-state index in [0.717, 1.165) is 31.3 Å². The van der Waals surface area contributed by atoms with Crippen molar-refractivity contribution in [3.8, 4) is 6.07 Å². The molecular weight excluding hydrogens is 276 g/mol. The SMILES string of the molecule is Cc1ccc(C#N)c(N2CCC[C@H](NS(C)(=O)=O)C2)n1. The Morgan fingerprint density at radius 2 is 2.25 bits per heavy atom. The number of aryl methyl sites for hydroxylation is 1. The highest BCUT2D eigenvalue weighted by Crippen LogP contribution is 2.22. The third-order valence-electron chi connectivity index (χ3n) is 3.24. The summed E-state index contributed by atoms with van der Waals surface area (Å²) in [6, 6.07) is 5.57. The normalized spacial score (nSPS) is 19.6. The fourth-order valence-electron chi connectivity index (χ4n) is 2.44. The fraction of sp³-hybridized carbons (Fsp3) is 0.538. The van der Waals surface area contributed by atoms with Crippen LogP contribution in [-0.4, -0.2) is 38.8 Å². The number of hydrogen-bond donors (Lipinski definition) is 1. The zero-order valence-corrected chi connectivity index (χ0v) is 12.4. The van der Waals surface area contributed by atoms with Crippen LogP contribution in [0.1, 0.15) is 24.1 Å².